The van der Waals surface area contributed by atoms with Crippen LogP contribution in [0.5, 0.6) is 11.5 Å². The van der Waals surface area contributed by atoms with Gasteiger partial charge in [-0.3, -0.25) is 4.79 Å². The minimum Gasteiger partial charge on any atom is -0.457 e. The Morgan fingerprint density at radius 3 is 2.26 bits per heavy atom. The molecule has 0 aliphatic rings. The molecule has 23 heavy (non-hydrogen) atoms. The van der Waals surface area contributed by atoms with E-state index in [1.165, 1.54) is 6.33 Å². The topological polar surface area (TPSA) is 78.1 Å². The summed E-state index contributed by atoms with van der Waals surface area (Å²) in [7, 11) is 0. The highest BCUT2D eigenvalue weighted by Gasteiger charge is 2.16. The fourth-order valence-corrected chi connectivity index (χ4v) is 2.22. The monoisotopic (exact) mass is 305 g/mol. The van der Waals surface area contributed by atoms with Crippen molar-refractivity contribution in [2.45, 2.75) is 6.92 Å². The van der Waals surface area contributed by atoms with Crippen LogP contribution in [-0.2, 0) is 0 Å². The maximum atomic E-state index is 12.6. The molecular weight excluding hydrogens is 290 g/mol. The third-order valence-corrected chi connectivity index (χ3v) is 3.39. The quantitative estimate of drug-likeness (QED) is 0.747. The number of carbonyl (C=O) groups excluding carboxylic acids is 1. The average Bonchev–Trinajstić information content (AvgIpc) is 2.56. The highest BCUT2D eigenvalue weighted by Crippen LogP contribution is 2.23. The summed E-state index contributed by atoms with van der Waals surface area (Å²) in [6.07, 6.45) is 1.35. The van der Waals surface area contributed by atoms with E-state index in [-0.39, 0.29) is 11.6 Å². The average molecular weight is 305 g/mol. The number of benzene rings is 2. The van der Waals surface area contributed by atoms with Gasteiger partial charge in [-0.1, -0.05) is 18.2 Å². The van der Waals surface area contributed by atoms with Crippen molar-refractivity contribution in [3.05, 3.63) is 77.7 Å². The molecule has 2 aromatic carbocycles. The molecule has 0 fully saturated rings. The van der Waals surface area contributed by atoms with E-state index >= 15 is 0 Å². The summed E-state index contributed by atoms with van der Waals surface area (Å²) < 4.78 is 5.71. The normalized spacial score (nSPS) is 10.3. The van der Waals surface area contributed by atoms with Gasteiger partial charge in [0, 0.05) is 5.56 Å². The third kappa shape index (κ3) is 3.18. The van der Waals surface area contributed by atoms with E-state index in [9.17, 15) is 4.79 Å². The number of rotatable bonds is 4. The van der Waals surface area contributed by atoms with E-state index in [0.717, 1.165) is 5.75 Å². The first-order chi connectivity index (χ1) is 11.1. The van der Waals surface area contributed by atoms with Gasteiger partial charge >= 0.3 is 0 Å². The Labute approximate surface area is 133 Å². The van der Waals surface area contributed by atoms with Gasteiger partial charge in [0.15, 0.2) is 5.78 Å². The predicted octanol–water partition coefficient (Wildman–Crippen LogP) is 3.39. The van der Waals surface area contributed by atoms with Crippen molar-refractivity contribution in [3.63, 3.8) is 0 Å². The first-order valence-corrected chi connectivity index (χ1v) is 7.10. The summed E-state index contributed by atoms with van der Waals surface area (Å²) in [6, 6.07) is 16.3. The number of nitrogens with zero attached hydrogens (tertiary/aromatic N) is 2. The van der Waals surface area contributed by atoms with Crippen LogP contribution in [0, 0.1) is 6.92 Å². The molecule has 0 spiro atoms. The molecule has 3 rings (SSSR count). The van der Waals surface area contributed by atoms with Crippen LogP contribution in [0.2, 0.25) is 0 Å². The van der Waals surface area contributed by atoms with Crippen molar-refractivity contribution in [1.29, 1.82) is 0 Å². The smallest absolute Gasteiger partial charge is 0.198 e. The van der Waals surface area contributed by atoms with E-state index in [1.54, 1.807) is 31.2 Å². The molecule has 0 bridgehead atoms. The number of aryl methyl sites for hydroxylation is 1. The highest BCUT2D eigenvalue weighted by atomic mass is 16.5. The van der Waals surface area contributed by atoms with E-state index in [1.807, 2.05) is 30.3 Å². The lowest BCUT2D eigenvalue weighted by Gasteiger charge is -2.08. The number of para-hydroxylation sites is 1. The van der Waals surface area contributed by atoms with Crippen molar-refractivity contribution in [3.8, 4) is 11.5 Å². The van der Waals surface area contributed by atoms with Crippen molar-refractivity contribution < 1.29 is 9.53 Å². The molecular formula is C18H15N3O2. The van der Waals surface area contributed by atoms with Crippen LogP contribution in [0.3, 0.4) is 0 Å². The summed E-state index contributed by atoms with van der Waals surface area (Å²) >= 11 is 0. The van der Waals surface area contributed by atoms with Crippen LogP contribution in [0.15, 0.2) is 60.9 Å². The Kier molecular flexibility index (Phi) is 4.01. The molecule has 5 nitrogen and oxygen atoms in total. The van der Waals surface area contributed by atoms with E-state index < -0.39 is 0 Å². The summed E-state index contributed by atoms with van der Waals surface area (Å²) in [6.45, 7) is 1.73. The van der Waals surface area contributed by atoms with E-state index in [4.69, 9.17) is 10.5 Å². The van der Waals surface area contributed by atoms with E-state index in [0.29, 0.717) is 22.6 Å². The SMILES string of the molecule is Cc1ncnc(N)c1C(=O)c1ccc(Oc2ccccc2)cc1. The standard InChI is InChI=1S/C18H15N3O2/c1-12-16(18(19)21-11-20-12)17(22)13-7-9-15(10-8-13)23-14-5-3-2-4-6-14/h2-11H,1H3,(H2,19,20,21). The molecule has 0 aliphatic heterocycles. The second-order valence-corrected chi connectivity index (χ2v) is 4.99. The van der Waals surface area contributed by atoms with Crippen LogP contribution in [0.1, 0.15) is 21.6 Å². The van der Waals surface area contributed by atoms with Crippen molar-refractivity contribution >= 4 is 11.6 Å². The Hall–Kier alpha value is -3.21. The molecule has 5 heteroatoms. The Morgan fingerprint density at radius 1 is 0.957 bits per heavy atom. The lowest BCUT2D eigenvalue weighted by atomic mass is 10.0. The lowest BCUT2D eigenvalue weighted by Crippen LogP contribution is -2.10. The van der Waals surface area contributed by atoms with Gasteiger partial charge in [0.1, 0.15) is 23.6 Å². The first kappa shape index (κ1) is 14.7. The lowest BCUT2D eigenvalue weighted by molar-refractivity contribution is 0.103. The maximum Gasteiger partial charge on any atom is 0.198 e. The van der Waals surface area contributed by atoms with Crippen LogP contribution >= 0.6 is 0 Å². The molecule has 0 saturated carbocycles. The molecule has 1 aromatic heterocycles. The van der Waals surface area contributed by atoms with Crippen LogP contribution in [0.25, 0.3) is 0 Å². The molecule has 0 saturated heterocycles. The highest BCUT2D eigenvalue weighted by molar-refractivity contribution is 6.12. The molecule has 0 unspecified atom stereocenters. The molecule has 114 valence electrons. The molecule has 0 aliphatic carbocycles. The summed E-state index contributed by atoms with van der Waals surface area (Å²) in [5.41, 5.74) is 7.20. The number of nitrogen functional groups attached to an aromatic ring is 1. The summed E-state index contributed by atoms with van der Waals surface area (Å²) in [5, 5.41) is 0. The number of ketones is 1. The largest absolute Gasteiger partial charge is 0.457 e. The van der Waals surface area contributed by atoms with Crippen LogP contribution in [-0.4, -0.2) is 15.8 Å². The van der Waals surface area contributed by atoms with Crippen LogP contribution in [0.4, 0.5) is 5.82 Å². The van der Waals surface area contributed by atoms with Crippen molar-refractivity contribution in [2.75, 3.05) is 5.73 Å². The van der Waals surface area contributed by atoms with Gasteiger partial charge in [0.05, 0.1) is 11.3 Å². The van der Waals surface area contributed by atoms with Gasteiger partial charge in [0.25, 0.3) is 0 Å². The fourth-order valence-electron chi connectivity index (χ4n) is 2.22. The first-order valence-electron chi connectivity index (χ1n) is 7.10. The van der Waals surface area contributed by atoms with Gasteiger partial charge in [0.2, 0.25) is 0 Å². The second-order valence-electron chi connectivity index (χ2n) is 4.99. The van der Waals surface area contributed by atoms with Crippen molar-refractivity contribution in [2.24, 2.45) is 0 Å². The number of hydrogen-bond donors (Lipinski definition) is 1. The maximum absolute atomic E-state index is 12.6. The zero-order valence-electron chi connectivity index (χ0n) is 12.6. The van der Waals surface area contributed by atoms with Crippen molar-refractivity contribution in [1.82, 2.24) is 9.97 Å². The third-order valence-electron chi connectivity index (χ3n) is 3.39. The van der Waals surface area contributed by atoms with Gasteiger partial charge < -0.3 is 10.5 Å². The molecule has 2 N–H and O–H groups in total. The Bertz CT molecular complexity index is 810. The Morgan fingerprint density at radius 2 is 1.61 bits per heavy atom. The number of aromatic nitrogens is 2. The van der Waals surface area contributed by atoms with Gasteiger partial charge in [-0.25, -0.2) is 9.97 Å². The fraction of sp³-hybridized carbons (Fsp3) is 0.0556. The number of anilines is 1. The van der Waals surface area contributed by atoms with Gasteiger partial charge in [-0.15, -0.1) is 0 Å². The minimum absolute atomic E-state index is 0.187. The summed E-state index contributed by atoms with van der Waals surface area (Å²) in [4.78, 5) is 20.5. The molecule has 0 atom stereocenters. The van der Waals surface area contributed by atoms with Gasteiger partial charge in [-0.2, -0.15) is 0 Å². The zero-order chi connectivity index (χ0) is 16.2. The minimum atomic E-state index is -0.202. The Balaban J connectivity index is 1.83. The summed E-state index contributed by atoms with van der Waals surface area (Å²) in [5.74, 6) is 1.38. The molecule has 3 aromatic rings. The predicted molar refractivity (Wildman–Crippen MR) is 87.6 cm³/mol. The number of hydrogen-bond acceptors (Lipinski definition) is 5. The van der Waals surface area contributed by atoms with E-state index in [2.05, 4.69) is 9.97 Å². The van der Waals surface area contributed by atoms with Crippen LogP contribution < -0.4 is 10.5 Å². The molecule has 1 heterocycles. The molecule has 0 amide bonds. The number of ether oxygens (including phenoxy) is 1. The second kappa shape index (κ2) is 6.27. The van der Waals surface area contributed by atoms with Gasteiger partial charge in [-0.05, 0) is 43.3 Å². The number of carbonyl (C=O) groups is 1. The number of nitrogens with two attached hydrogens (primary N) is 1. The zero-order valence-corrected chi connectivity index (χ0v) is 12.6. The molecule has 0 radical (unpaired) electrons.